The third kappa shape index (κ3) is 4.06. The van der Waals surface area contributed by atoms with E-state index in [4.69, 9.17) is 4.74 Å². The fourth-order valence-electron chi connectivity index (χ4n) is 4.43. The number of methoxy groups -OCH3 is 1. The molecule has 34 heavy (non-hydrogen) atoms. The molecule has 5 rings (SSSR count). The molecular formula is C27H23N3O3S. The van der Waals surface area contributed by atoms with Gasteiger partial charge in [0.25, 0.3) is 5.91 Å². The maximum atomic E-state index is 13.8. The first-order valence-electron chi connectivity index (χ1n) is 10.9. The van der Waals surface area contributed by atoms with Gasteiger partial charge < -0.3 is 10.1 Å². The minimum absolute atomic E-state index is 0.129. The molecule has 1 aliphatic rings. The molecule has 0 aliphatic carbocycles. The van der Waals surface area contributed by atoms with Crippen molar-refractivity contribution in [1.29, 1.82) is 0 Å². The number of amides is 2. The van der Waals surface area contributed by atoms with Crippen LogP contribution in [-0.4, -0.2) is 23.9 Å². The van der Waals surface area contributed by atoms with Gasteiger partial charge >= 0.3 is 0 Å². The Morgan fingerprint density at radius 3 is 2.53 bits per heavy atom. The number of carbonyl (C=O) groups is 2. The Balaban J connectivity index is 1.60. The highest BCUT2D eigenvalue weighted by atomic mass is 32.1. The zero-order valence-electron chi connectivity index (χ0n) is 18.5. The van der Waals surface area contributed by atoms with Crippen molar-refractivity contribution in [2.24, 2.45) is 0 Å². The highest BCUT2D eigenvalue weighted by Gasteiger charge is 2.44. The number of anilines is 1. The number of thiophene rings is 1. The first-order chi connectivity index (χ1) is 16.7. The van der Waals surface area contributed by atoms with Gasteiger partial charge in [-0.2, -0.15) is 11.3 Å². The molecule has 2 aromatic heterocycles. The molecule has 0 spiro atoms. The SMILES string of the molecule is COc1ccc(N2C(=O)c3ccccc3[C@@H](C(=O)NCc3ccncc3)[C@@H]2c2ccsc2)cc1. The molecule has 2 amide bonds. The minimum Gasteiger partial charge on any atom is -0.497 e. The average molecular weight is 470 g/mol. The van der Waals surface area contributed by atoms with Gasteiger partial charge in [0.05, 0.1) is 19.1 Å². The van der Waals surface area contributed by atoms with Crippen LogP contribution in [0.1, 0.15) is 39.0 Å². The summed E-state index contributed by atoms with van der Waals surface area (Å²) in [5, 5.41) is 7.06. The molecule has 0 saturated heterocycles. The van der Waals surface area contributed by atoms with E-state index in [0.717, 1.165) is 16.7 Å². The topological polar surface area (TPSA) is 71.5 Å². The number of aromatic nitrogens is 1. The van der Waals surface area contributed by atoms with Crippen LogP contribution in [0, 0.1) is 0 Å². The molecular weight excluding hydrogens is 446 g/mol. The Hall–Kier alpha value is -3.97. The van der Waals surface area contributed by atoms with Gasteiger partial charge in [0.1, 0.15) is 5.75 Å². The zero-order chi connectivity index (χ0) is 23.5. The van der Waals surface area contributed by atoms with E-state index < -0.39 is 12.0 Å². The average Bonchev–Trinajstić information content (AvgIpc) is 3.43. The van der Waals surface area contributed by atoms with Gasteiger partial charge in [-0.3, -0.25) is 19.5 Å². The highest BCUT2D eigenvalue weighted by Crippen LogP contribution is 2.45. The summed E-state index contributed by atoms with van der Waals surface area (Å²) in [6.07, 6.45) is 3.41. The summed E-state index contributed by atoms with van der Waals surface area (Å²) in [4.78, 5) is 33.3. The number of benzene rings is 2. The lowest BCUT2D eigenvalue weighted by atomic mass is 9.79. The van der Waals surface area contributed by atoms with E-state index >= 15 is 0 Å². The third-order valence-corrected chi connectivity index (χ3v) is 6.77. The number of rotatable bonds is 6. The summed E-state index contributed by atoms with van der Waals surface area (Å²) in [5.74, 6) is -0.138. The van der Waals surface area contributed by atoms with Gasteiger partial charge in [0.2, 0.25) is 5.91 Å². The molecule has 4 aromatic rings. The van der Waals surface area contributed by atoms with Gasteiger partial charge in [-0.05, 0) is 76.0 Å². The minimum atomic E-state index is -0.576. The van der Waals surface area contributed by atoms with Crippen LogP contribution >= 0.6 is 11.3 Å². The van der Waals surface area contributed by atoms with Crippen LogP contribution in [-0.2, 0) is 11.3 Å². The molecule has 170 valence electrons. The number of fused-ring (bicyclic) bond motifs is 1. The first kappa shape index (κ1) is 21.9. The lowest BCUT2D eigenvalue weighted by molar-refractivity contribution is -0.123. The highest BCUT2D eigenvalue weighted by molar-refractivity contribution is 7.08. The van der Waals surface area contributed by atoms with Crippen molar-refractivity contribution in [3.05, 3.63) is 112 Å². The summed E-state index contributed by atoms with van der Waals surface area (Å²) in [6.45, 7) is 0.382. The molecule has 0 bridgehead atoms. The standard InChI is InChI=1S/C27H23N3O3S/c1-33-21-8-6-20(7-9-21)30-25(19-12-15-34-17-19)24(22-4-2-3-5-23(22)27(30)32)26(31)29-16-18-10-13-28-14-11-18/h2-15,17,24-25H,16H2,1H3,(H,29,31)/t24-,25+/m1/s1. The van der Waals surface area contributed by atoms with E-state index in [-0.39, 0.29) is 11.8 Å². The van der Waals surface area contributed by atoms with E-state index in [9.17, 15) is 9.59 Å². The van der Waals surface area contributed by atoms with Crippen LogP contribution in [0.15, 0.2) is 89.9 Å². The monoisotopic (exact) mass is 469 g/mol. The maximum Gasteiger partial charge on any atom is 0.259 e. The van der Waals surface area contributed by atoms with E-state index in [2.05, 4.69) is 10.3 Å². The van der Waals surface area contributed by atoms with E-state index in [0.29, 0.717) is 23.5 Å². The number of hydrogen-bond acceptors (Lipinski definition) is 5. The quantitative estimate of drug-likeness (QED) is 0.434. The Morgan fingerprint density at radius 1 is 1.06 bits per heavy atom. The Kier molecular flexibility index (Phi) is 6.10. The van der Waals surface area contributed by atoms with E-state index in [1.807, 2.05) is 71.4 Å². The summed E-state index contributed by atoms with van der Waals surface area (Å²) in [5.41, 5.74) is 3.87. The smallest absolute Gasteiger partial charge is 0.259 e. The van der Waals surface area contributed by atoms with Gasteiger partial charge in [0.15, 0.2) is 0 Å². The first-order valence-corrected chi connectivity index (χ1v) is 11.9. The van der Waals surface area contributed by atoms with Crippen LogP contribution in [0.5, 0.6) is 5.75 Å². The summed E-state index contributed by atoms with van der Waals surface area (Å²) < 4.78 is 5.30. The van der Waals surface area contributed by atoms with Crippen molar-refractivity contribution in [2.75, 3.05) is 12.0 Å². The van der Waals surface area contributed by atoms with Crippen LogP contribution in [0.4, 0.5) is 5.69 Å². The molecule has 0 fully saturated rings. The van der Waals surface area contributed by atoms with E-state index in [1.165, 1.54) is 0 Å². The Labute approximate surface area is 201 Å². The van der Waals surface area contributed by atoms with Crippen molar-refractivity contribution in [2.45, 2.75) is 18.5 Å². The molecule has 1 aliphatic heterocycles. The third-order valence-electron chi connectivity index (χ3n) is 6.07. The van der Waals surface area contributed by atoms with Crippen molar-refractivity contribution in [3.63, 3.8) is 0 Å². The van der Waals surface area contributed by atoms with Crippen molar-refractivity contribution in [1.82, 2.24) is 10.3 Å². The molecule has 3 heterocycles. The number of ether oxygens (including phenoxy) is 1. The molecule has 6 nitrogen and oxygen atoms in total. The Morgan fingerprint density at radius 2 is 1.82 bits per heavy atom. The largest absolute Gasteiger partial charge is 0.497 e. The Bertz CT molecular complexity index is 1290. The second-order valence-corrected chi connectivity index (χ2v) is 8.79. The predicted octanol–water partition coefficient (Wildman–Crippen LogP) is 4.95. The number of carbonyl (C=O) groups excluding carboxylic acids is 2. The second kappa shape index (κ2) is 9.49. The molecule has 2 aromatic carbocycles. The molecule has 0 unspecified atom stereocenters. The van der Waals surface area contributed by atoms with Crippen molar-refractivity contribution >= 4 is 28.8 Å². The van der Waals surface area contributed by atoms with Crippen LogP contribution < -0.4 is 15.0 Å². The number of pyridine rings is 1. The number of nitrogens with zero attached hydrogens (tertiary/aromatic N) is 2. The molecule has 0 saturated carbocycles. The summed E-state index contributed by atoms with van der Waals surface area (Å²) >= 11 is 1.55. The lowest BCUT2D eigenvalue weighted by Crippen LogP contribution is -2.47. The second-order valence-electron chi connectivity index (χ2n) is 8.01. The van der Waals surface area contributed by atoms with Gasteiger partial charge in [-0.25, -0.2) is 0 Å². The fourth-order valence-corrected chi connectivity index (χ4v) is 5.12. The lowest BCUT2D eigenvalue weighted by Gasteiger charge is -2.41. The molecule has 2 atom stereocenters. The van der Waals surface area contributed by atoms with Crippen LogP contribution in [0.3, 0.4) is 0 Å². The number of nitrogens with one attached hydrogen (secondary N) is 1. The van der Waals surface area contributed by atoms with Gasteiger partial charge in [-0.1, -0.05) is 18.2 Å². The van der Waals surface area contributed by atoms with Gasteiger partial charge in [0, 0.05) is 30.2 Å². The van der Waals surface area contributed by atoms with Crippen LogP contribution in [0.2, 0.25) is 0 Å². The summed E-state index contributed by atoms with van der Waals surface area (Å²) in [7, 11) is 1.61. The maximum absolute atomic E-state index is 13.8. The predicted molar refractivity (Wildman–Crippen MR) is 132 cm³/mol. The van der Waals surface area contributed by atoms with Crippen molar-refractivity contribution < 1.29 is 14.3 Å². The van der Waals surface area contributed by atoms with Gasteiger partial charge in [-0.15, -0.1) is 0 Å². The normalized spacial score (nSPS) is 17.2. The fraction of sp³-hybridized carbons (Fsp3) is 0.148. The van der Waals surface area contributed by atoms with E-state index in [1.54, 1.807) is 41.8 Å². The zero-order valence-corrected chi connectivity index (χ0v) is 19.4. The number of hydrogen-bond donors (Lipinski definition) is 1. The summed E-state index contributed by atoms with van der Waals surface area (Å²) in [6, 6.07) is 20.0. The van der Waals surface area contributed by atoms with Crippen LogP contribution in [0.25, 0.3) is 0 Å². The van der Waals surface area contributed by atoms with Crippen molar-refractivity contribution in [3.8, 4) is 5.75 Å². The molecule has 7 heteroatoms. The molecule has 0 radical (unpaired) electrons. The molecule has 1 N–H and O–H groups in total.